The Bertz CT molecular complexity index is 693. The minimum atomic E-state index is -0.328. The predicted molar refractivity (Wildman–Crippen MR) is 94.3 cm³/mol. The number of amides is 2. The number of aryl methyl sites for hydroxylation is 1. The number of hydrogen-bond acceptors (Lipinski definition) is 3. The Labute approximate surface area is 142 Å². The highest BCUT2D eigenvalue weighted by atomic mass is 16.3. The van der Waals surface area contributed by atoms with Crippen molar-refractivity contribution in [1.29, 1.82) is 0 Å². The van der Waals surface area contributed by atoms with Crippen molar-refractivity contribution in [3.8, 4) is 0 Å². The number of carbonyl (C=O) groups is 2. The minimum Gasteiger partial charge on any atom is -0.459 e. The molecule has 0 atom stereocenters. The molecule has 0 unspecified atom stereocenters. The average molecular weight is 328 g/mol. The lowest BCUT2D eigenvalue weighted by molar-refractivity contribution is 0.0762. The van der Waals surface area contributed by atoms with Gasteiger partial charge in [-0.1, -0.05) is 19.4 Å². The molecule has 0 saturated heterocycles. The van der Waals surface area contributed by atoms with Crippen LogP contribution in [0.25, 0.3) is 0 Å². The fraction of sp³-hybridized carbons (Fsp3) is 0.368. The van der Waals surface area contributed by atoms with Gasteiger partial charge in [0.05, 0.1) is 6.26 Å². The Morgan fingerprint density at radius 2 is 2.00 bits per heavy atom. The fourth-order valence-corrected chi connectivity index (χ4v) is 2.42. The molecule has 0 radical (unpaired) electrons. The fourth-order valence-electron chi connectivity index (χ4n) is 2.42. The molecule has 1 N–H and O–H groups in total. The van der Waals surface area contributed by atoms with Gasteiger partial charge in [0.2, 0.25) is 0 Å². The normalized spacial score (nSPS) is 10.5. The smallest absolute Gasteiger partial charge is 0.291 e. The molecule has 1 heterocycles. The first-order valence-electron chi connectivity index (χ1n) is 8.31. The lowest BCUT2D eigenvalue weighted by atomic mass is 10.1. The summed E-state index contributed by atoms with van der Waals surface area (Å²) >= 11 is 0. The van der Waals surface area contributed by atoms with Crippen LogP contribution >= 0.6 is 0 Å². The molecule has 0 bridgehead atoms. The van der Waals surface area contributed by atoms with Crippen LogP contribution in [0.1, 0.15) is 53.2 Å². The maximum Gasteiger partial charge on any atom is 0.291 e. The van der Waals surface area contributed by atoms with Crippen LogP contribution in [0.5, 0.6) is 0 Å². The van der Waals surface area contributed by atoms with Gasteiger partial charge in [0.15, 0.2) is 5.76 Å². The van der Waals surface area contributed by atoms with Gasteiger partial charge in [0.1, 0.15) is 0 Å². The van der Waals surface area contributed by atoms with Gasteiger partial charge in [0, 0.05) is 24.3 Å². The van der Waals surface area contributed by atoms with Crippen LogP contribution in [0.3, 0.4) is 0 Å². The van der Waals surface area contributed by atoms with Gasteiger partial charge in [-0.05, 0) is 50.1 Å². The number of anilines is 1. The second-order valence-electron chi connectivity index (χ2n) is 5.70. The van der Waals surface area contributed by atoms with Crippen LogP contribution in [0.15, 0.2) is 41.0 Å². The number of unbranched alkanes of at least 4 members (excludes halogenated alkanes) is 1. The Hall–Kier alpha value is -2.56. The summed E-state index contributed by atoms with van der Waals surface area (Å²) in [5.41, 5.74) is 2.09. The summed E-state index contributed by atoms with van der Waals surface area (Å²) in [7, 11) is 0. The third kappa shape index (κ3) is 4.25. The predicted octanol–water partition coefficient (Wildman–Crippen LogP) is 4.10. The van der Waals surface area contributed by atoms with Gasteiger partial charge in [-0.25, -0.2) is 0 Å². The molecule has 1 aromatic heterocycles. The Morgan fingerprint density at radius 3 is 2.62 bits per heavy atom. The Morgan fingerprint density at radius 1 is 1.21 bits per heavy atom. The summed E-state index contributed by atoms with van der Waals surface area (Å²) in [5, 5.41) is 2.80. The van der Waals surface area contributed by atoms with Crippen molar-refractivity contribution in [3.63, 3.8) is 0 Å². The van der Waals surface area contributed by atoms with E-state index in [1.165, 1.54) is 6.26 Å². The van der Waals surface area contributed by atoms with Gasteiger partial charge in [-0.15, -0.1) is 0 Å². The zero-order valence-electron chi connectivity index (χ0n) is 14.5. The molecule has 2 rings (SSSR count). The summed E-state index contributed by atoms with van der Waals surface area (Å²) in [4.78, 5) is 26.6. The SMILES string of the molecule is CCCCN(CC)C(=O)c1ccc(C)c(NC(=O)c2ccco2)c1. The van der Waals surface area contributed by atoms with Crippen LogP contribution in [0.2, 0.25) is 0 Å². The van der Waals surface area contributed by atoms with E-state index in [0.717, 1.165) is 24.9 Å². The third-order valence-electron chi connectivity index (χ3n) is 3.93. The van der Waals surface area contributed by atoms with Crippen LogP contribution < -0.4 is 5.32 Å². The van der Waals surface area contributed by atoms with Gasteiger partial charge in [-0.3, -0.25) is 9.59 Å². The average Bonchev–Trinajstić information content (AvgIpc) is 3.12. The van der Waals surface area contributed by atoms with E-state index in [9.17, 15) is 9.59 Å². The molecule has 0 aliphatic heterocycles. The lowest BCUT2D eigenvalue weighted by Crippen LogP contribution is -2.31. The molecule has 128 valence electrons. The summed E-state index contributed by atoms with van der Waals surface area (Å²) in [6.45, 7) is 7.38. The summed E-state index contributed by atoms with van der Waals surface area (Å²) < 4.78 is 5.10. The van der Waals surface area contributed by atoms with Crippen molar-refractivity contribution in [2.45, 2.75) is 33.6 Å². The van der Waals surface area contributed by atoms with E-state index >= 15 is 0 Å². The second-order valence-corrected chi connectivity index (χ2v) is 5.70. The number of rotatable bonds is 7. The first-order valence-corrected chi connectivity index (χ1v) is 8.31. The summed E-state index contributed by atoms with van der Waals surface area (Å²) in [6.07, 6.45) is 3.48. The zero-order valence-corrected chi connectivity index (χ0v) is 14.5. The Balaban J connectivity index is 2.18. The largest absolute Gasteiger partial charge is 0.459 e. The van der Waals surface area contributed by atoms with Gasteiger partial charge >= 0.3 is 0 Å². The summed E-state index contributed by atoms with van der Waals surface area (Å²) in [6, 6.07) is 8.64. The van der Waals surface area contributed by atoms with Crippen molar-refractivity contribution < 1.29 is 14.0 Å². The summed E-state index contributed by atoms with van der Waals surface area (Å²) in [5.74, 6) is -0.102. The lowest BCUT2D eigenvalue weighted by Gasteiger charge is -2.21. The van der Waals surface area contributed by atoms with E-state index in [2.05, 4.69) is 12.2 Å². The highest BCUT2D eigenvalue weighted by Gasteiger charge is 2.16. The van der Waals surface area contributed by atoms with E-state index in [0.29, 0.717) is 17.8 Å². The van der Waals surface area contributed by atoms with Crippen molar-refractivity contribution in [2.24, 2.45) is 0 Å². The number of benzene rings is 1. The van der Waals surface area contributed by atoms with Gasteiger partial charge in [0.25, 0.3) is 11.8 Å². The first-order chi connectivity index (χ1) is 11.6. The zero-order chi connectivity index (χ0) is 17.5. The topological polar surface area (TPSA) is 62.6 Å². The molecule has 0 fully saturated rings. The van der Waals surface area contributed by atoms with Crippen molar-refractivity contribution in [1.82, 2.24) is 4.90 Å². The van der Waals surface area contributed by atoms with E-state index < -0.39 is 0 Å². The highest BCUT2D eigenvalue weighted by molar-refractivity contribution is 6.03. The van der Waals surface area contributed by atoms with E-state index in [4.69, 9.17) is 4.42 Å². The van der Waals surface area contributed by atoms with Crippen LogP contribution in [-0.4, -0.2) is 29.8 Å². The van der Waals surface area contributed by atoms with E-state index in [1.807, 2.05) is 24.8 Å². The molecule has 1 aromatic carbocycles. The molecule has 0 aliphatic rings. The van der Waals surface area contributed by atoms with Crippen LogP contribution in [0, 0.1) is 6.92 Å². The van der Waals surface area contributed by atoms with Crippen molar-refractivity contribution in [3.05, 3.63) is 53.5 Å². The van der Waals surface area contributed by atoms with E-state index in [1.54, 1.807) is 24.3 Å². The maximum absolute atomic E-state index is 12.7. The molecular formula is C19H24N2O3. The minimum absolute atomic E-state index is 0.0144. The van der Waals surface area contributed by atoms with E-state index in [-0.39, 0.29) is 17.6 Å². The van der Waals surface area contributed by atoms with Gasteiger partial charge in [-0.2, -0.15) is 0 Å². The maximum atomic E-state index is 12.7. The molecule has 0 aliphatic carbocycles. The molecule has 0 saturated carbocycles. The monoisotopic (exact) mass is 328 g/mol. The number of hydrogen-bond donors (Lipinski definition) is 1. The quantitative estimate of drug-likeness (QED) is 0.832. The first kappa shape index (κ1) is 17.8. The van der Waals surface area contributed by atoms with Crippen LogP contribution in [0.4, 0.5) is 5.69 Å². The second kappa shape index (κ2) is 8.34. The molecule has 2 amide bonds. The number of furan rings is 1. The highest BCUT2D eigenvalue weighted by Crippen LogP contribution is 2.19. The number of nitrogens with one attached hydrogen (secondary N) is 1. The van der Waals surface area contributed by atoms with Crippen molar-refractivity contribution >= 4 is 17.5 Å². The van der Waals surface area contributed by atoms with Crippen molar-refractivity contribution in [2.75, 3.05) is 18.4 Å². The molecule has 0 spiro atoms. The molecule has 2 aromatic rings. The number of nitrogens with zero attached hydrogens (tertiary/aromatic N) is 1. The standard InChI is InChI=1S/C19H24N2O3/c1-4-6-11-21(5-2)19(23)15-10-9-14(3)16(13-15)20-18(22)17-8-7-12-24-17/h7-10,12-13H,4-6,11H2,1-3H3,(H,20,22). The molecule has 5 heteroatoms. The van der Waals surface area contributed by atoms with Gasteiger partial charge < -0.3 is 14.6 Å². The third-order valence-corrected chi connectivity index (χ3v) is 3.93. The molecular weight excluding hydrogens is 304 g/mol. The Kier molecular flexibility index (Phi) is 6.18. The molecule has 5 nitrogen and oxygen atoms in total. The molecule has 24 heavy (non-hydrogen) atoms. The number of carbonyl (C=O) groups excluding carboxylic acids is 2. The van der Waals surface area contributed by atoms with Crippen LogP contribution in [-0.2, 0) is 0 Å².